The van der Waals surface area contributed by atoms with Crippen LogP contribution in [-0.4, -0.2) is 35.4 Å². The van der Waals surface area contributed by atoms with Gasteiger partial charge in [-0.25, -0.2) is 4.98 Å². The monoisotopic (exact) mass is 309 g/mol. The Morgan fingerprint density at radius 3 is 2.57 bits per heavy atom. The molecule has 1 aliphatic carbocycles. The Bertz CT molecular complexity index is 674. The number of benzene rings is 1. The molecule has 0 aliphatic heterocycles. The van der Waals surface area contributed by atoms with Gasteiger partial charge in [0.2, 0.25) is 0 Å². The van der Waals surface area contributed by atoms with Gasteiger partial charge in [-0.3, -0.25) is 4.79 Å². The number of carbonyl (C=O) groups is 1. The molecule has 1 aromatic heterocycles. The maximum atomic E-state index is 13.0. The molecule has 0 bridgehead atoms. The van der Waals surface area contributed by atoms with E-state index in [9.17, 15) is 4.79 Å². The number of hydrogen-bond donors (Lipinski definition) is 1. The fourth-order valence-corrected chi connectivity index (χ4v) is 3.31. The van der Waals surface area contributed by atoms with Crippen molar-refractivity contribution < 1.29 is 4.79 Å². The van der Waals surface area contributed by atoms with Gasteiger partial charge >= 0.3 is 0 Å². The van der Waals surface area contributed by atoms with E-state index >= 15 is 0 Å². The summed E-state index contributed by atoms with van der Waals surface area (Å²) in [4.78, 5) is 19.2. The minimum Gasteiger partial charge on any atom is -0.373 e. The van der Waals surface area contributed by atoms with Crippen LogP contribution < -0.4 is 5.32 Å². The number of anilines is 1. The number of amides is 1. The lowest BCUT2D eigenvalue weighted by atomic mass is 10.1. The summed E-state index contributed by atoms with van der Waals surface area (Å²) in [5, 5.41) is 2.99. The van der Waals surface area contributed by atoms with Gasteiger partial charge in [-0.1, -0.05) is 31.2 Å². The van der Waals surface area contributed by atoms with Crippen molar-refractivity contribution in [3.63, 3.8) is 0 Å². The van der Waals surface area contributed by atoms with Crippen LogP contribution in [-0.2, 0) is 12.8 Å². The van der Waals surface area contributed by atoms with Gasteiger partial charge in [-0.2, -0.15) is 0 Å². The first-order valence-electron chi connectivity index (χ1n) is 8.24. The van der Waals surface area contributed by atoms with E-state index in [0.717, 1.165) is 31.6 Å². The molecule has 4 heteroatoms. The number of nitrogens with one attached hydrogen (secondary N) is 1. The molecule has 120 valence electrons. The zero-order valence-electron chi connectivity index (χ0n) is 13.7. The van der Waals surface area contributed by atoms with E-state index in [1.807, 2.05) is 18.0 Å². The van der Waals surface area contributed by atoms with Gasteiger partial charge in [0.1, 0.15) is 5.82 Å². The Morgan fingerprint density at radius 2 is 1.96 bits per heavy atom. The highest BCUT2D eigenvalue weighted by molar-refractivity contribution is 5.95. The largest absolute Gasteiger partial charge is 0.373 e. The van der Waals surface area contributed by atoms with Crippen molar-refractivity contribution in [2.75, 3.05) is 18.9 Å². The van der Waals surface area contributed by atoms with Crippen molar-refractivity contribution in [2.45, 2.75) is 32.2 Å². The second-order valence-corrected chi connectivity index (χ2v) is 6.01. The summed E-state index contributed by atoms with van der Waals surface area (Å²) in [6.45, 7) is 2.91. The number of aromatic nitrogens is 1. The summed E-state index contributed by atoms with van der Waals surface area (Å²) in [5.41, 5.74) is 3.45. The number of rotatable bonds is 5. The predicted octanol–water partition coefficient (Wildman–Crippen LogP) is 3.14. The molecule has 0 atom stereocenters. The first-order chi connectivity index (χ1) is 11.2. The van der Waals surface area contributed by atoms with Crippen LogP contribution in [0.4, 0.5) is 5.82 Å². The summed E-state index contributed by atoms with van der Waals surface area (Å²) < 4.78 is 0. The van der Waals surface area contributed by atoms with Crippen LogP contribution in [0.2, 0.25) is 0 Å². The summed E-state index contributed by atoms with van der Waals surface area (Å²) in [5.74, 6) is 0.825. The lowest BCUT2D eigenvalue weighted by molar-refractivity contribution is 0.0684. The molecule has 2 aromatic rings. The van der Waals surface area contributed by atoms with E-state index in [0.29, 0.717) is 5.56 Å². The maximum absolute atomic E-state index is 13.0. The second-order valence-electron chi connectivity index (χ2n) is 6.01. The van der Waals surface area contributed by atoms with Crippen LogP contribution in [0.1, 0.15) is 34.8 Å². The van der Waals surface area contributed by atoms with Crippen molar-refractivity contribution in [1.29, 1.82) is 0 Å². The second kappa shape index (κ2) is 6.82. The van der Waals surface area contributed by atoms with Gasteiger partial charge in [0.15, 0.2) is 0 Å². The quantitative estimate of drug-likeness (QED) is 0.923. The van der Waals surface area contributed by atoms with Gasteiger partial charge in [0.25, 0.3) is 5.91 Å². The minimum atomic E-state index is 0.101. The Balaban J connectivity index is 1.83. The summed E-state index contributed by atoms with van der Waals surface area (Å²) in [6, 6.07) is 12.4. The molecule has 1 aliphatic rings. The molecule has 0 unspecified atom stereocenters. The molecule has 0 radical (unpaired) electrons. The van der Waals surface area contributed by atoms with Crippen molar-refractivity contribution in [3.8, 4) is 0 Å². The predicted molar refractivity (Wildman–Crippen MR) is 92.7 cm³/mol. The third-order valence-electron chi connectivity index (χ3n) is 4.46. The van der Waals surface area contributed by atoms with E-state index in [2.05, 4.69) is 41.5 Å². The molecule has 1 aromatic carbocycles. The summed E-state index contributed by atoms with van der Waals surface area (Å²) >= 11 is 0. The first-order valence-corrected chi connectivity index (χ1v) is 8.24. The lowest BCUT2D eigenvalue weighted by Gasteiger charge is -2.29. The lowest BCUT2D eigenvalue weighted by Crippen LogP contribution is -2.41. The van der Waals surface area contributed by atoms with Gasteiger partial charge in [-0.15, -0.1) is 0 Å². The molecule has 23 heavy (non-hydrogen) atoms. The SMILES string of the molecule is CCCN(C(=O)c1ccnc(NC)c1)C1Cc2ccccc2C1. The average molecular weight is 309 g/mol. The molecule has 0 saturated heterocycles. The fraction of sp³-hybridized carbons (Fsp3) is 0.368. The summed E-state index contributed by atoms with van der Waals surface area (Å²) in [7, 11) is 1.81. The van der Waals surface area contributed by atoms with E-state index in [1.165, 1.54) is 11.1 Å². The number of hydrogen-bond acceptors (Lipinski definition) is 3. The normalized spacial score (nSPS) is 13.7. The highest BCUT2D eigenvalue weighted by atomic mass is 16.2. The van der Waals surface area contributed by atoms with E-state index in [-0.39, 0.29) is 11.9 Å². The Hall–Kier alpha value is -2.36. The Labute approximate surface area is 137 Å². The number of fused-ring (bicyclic) bond motifs is 1. The van der Waals surface area contributed by atoms with Gasteiger partial charge in [0.05, 0.1) is 0 Å². The Morgan fingerprint density at radius 1 is 1.26 bits per heavy atom. The molecule has 1 heterocycles. The fourth-order valence-electron chi connectivity index (χ4n) is 3.31. The zero-order valence-corrected chi connectivity index (χ0v) is 13.7. The first kappa shape index (κ1) is 15.5. The van der Waals surface area contributed by atoms with Crippen molar-refractivity contribution in [3.05, 3.63) is 59.3 Å². The number of nitrogens with zero attached hydrogens (tertiary/aromatic N) is 2. The highest BCUT2D eigenvalue weighted by Gasteiger charge is 2.29. The van der Waals surface area contributed by atoms with Gasteiger partial charge in [0, 0.05) is 31.4 Å². The number of carbonyl (C=O) groups excluding carboxylic acids is 1. The van der Waals surface area contributed by atoms with Crippen LogP contribution in [0.3, 0.4) is 0 Å². The van der Waals surface area contributed by atoms with Crippen molar-refractivity contribution in [2.24, 2.45) is 0 Å². The van der Waals surface area contributed by atoms with Crippen LogP contribution in [0.15, 0.2) is 42.6 Å². The van der Waals surface area contributed by atoms with Crippen LogP contribution in [0, 0.1) is 0 Å². The molecule has 3 rings (SSSR count). The van der Waals surface area contributed by atoms with Crippen LogP contribution >= 0.6 is 0 Å². The molecular weight excluding hydrogens is 286 g/mol. The molecular formula is C19H23N3O. The topological polar surface area (TPSA) is 45.2 Å². The molecule has 1 amide bonds. The molecule has 0 saturated carbocycles. The molecule has 0 spiro atoms. The zero-order chi connectivity index (χ0) is 16.2. The average Bonchev–Trinajstić information content (AvgIpc) is 3.02. The standard InChI is InChI=1S/C19H23N3O/c1-3-10-22(17-11-14-6-4-5-7-15(14)12-17)19(23)16-8-9-21-18(13-16)20-2/h4-9,13,17H,3,10-12H2,1-2H3,(H,20,21). The van der Waals surface area contributed by atoms with E-state index < -0.39 is 0 Å². The molecule has 4 nitrogen and oxygen atoms in total. The third-order valence-corrected chi connectivity index (χ3v) is 4.46. The third kappa shape index (κ3) is 3.21. The molecule has 1 N–H and O–H groups in total. The Kier molecular flexibility index (Phi) is 4.60. The minimum absolute atomic E-state index is 0.101. The highest BCUT2D eigenvalue weighted by Crippen LogP contribution is 2.26. The van der Waals surface area contributed by atoms with Gasteiger partial charge < -0.3 is 10.2 Å². The summed E-state index contributed by atoms with van der Waals surface area (Å²) in [6.07, 6.45) is 4.55. The smallest absolute Gasteiger partial charge is 0.254 e. The number of pyridine rings is 1. The van der Waals surface area contributed by atoms with Gasteiger partial charge in [-0.05, 0) is 42.5 Å². The van der Waals surface area contributed by atoms with E-state index in [4.69, 9.17) is 0 Å². The maximum Gasteiger partial charge on any atom is 0.254 e. The van der Waals surface area contributed by atoms with Crippen LogP contribution in [0.5, 0.6) is 0 Å². The van der Waals surface area contributed by atoms with Crippen LogP contribution in [0.25, 0.3) is 0 Å². The van der Waals surface area contributed by atoms with E-state index in [1.54, 1.807) is 12.3 Å². The van der Waals surface area contributed by atoms with Crippen molar-refractivity contribution in [1.82, 2.24) is 9.88 Å². The molecule has 0 fully saturated rings. The van der Waals surface area contributed by atoms with Crippen molar-refractivity contribution >= 4 is 11.7 Å².